The van der Waals surface area contributed by atoms with Crippen molar-refractivity contribution in [2.75, 3.05) is 24.6 Å². The quantitative estimate of drug-likeness (QED) is 0.533. The predicted molar refractivity (Wildman–Crippen MR) is 113 cm³/mol. The zero-order valence-corrected chi connectivity index (χ0v) is 17.7. The standard InChI is InChI=1S/C23H27N3O5/c1-3-13-25-21(29)17-9-4-5-10-18(17)26-19(27)11-12-23(25,26)22(30)31-15-20(28)24-14-7-6-8-16(24)2/h3-5,9-10,16H,1,6-8,11-15H2,2H3/t16-,23+/m1/s1. The van der Waals surface area contributed by atoms with Crippen LogP contribution in [0.1, 0.15) is 49.4 Å². The minimum absolute atomic E-state index is 0.0726. The lowest BCUT2D eigenvalue weighted by Crippen LogP contribution is -2.68. The summed E-state index contributed by atoms with van der Waals surface area (Å²) in [6.45, 7) is 5.99. The number of piperidine rings is 1. The Balaban J connectivity index is 1.64. The number of fused-ring (bicyclic) bond motifs is 3. The van der Waals surface area contributed by atoms with Gasteiger partial charge in [0.1, 0.15) is 0 Å². The number of benzene rings is 1. The minimum atomic E-state index is -1.61. The van der Waals surface area contributed by atoms with E-state index in [2.05, 4.69) is 6.58 Å². The molecule has 0 N–H and O–H groups in total. The van der Waals surface area contributed by atoms with Crippen LogP contribution in [0.4, 0.5) is 5.69 Å². The lowest BCUT2D eigenvalue weighted by atomic mass is 9.96. The van der Waals surface area contributed by atoms with E-state index in [1.54, 1.807) is 29.2 Å². The van der Waals surface area contributed by atoms with Gasteiger partial charge in [-0.25, -0.2) is 4.79 Å². The molecule has 3 aliphatic heterocycles. The molecule has 2 saturated heterocycles. The second-order valence-corrected chi connectivity index (χ2v) is 8.28. The topological polar surface area (TPSA) is 87.2 Å². The third-order valence-electron chi connectivity index (χ3n) is 6.46. The van der Waals surface area contributed by atoms with Crippen LogP contribution in [0.25, 0.3) is 0 Å². The summed E-state index contributed by atoms with van der Waals surface area (Å²) in [7, 11) is 0. The van der Waals surface area contributed by atoms with Gasteiger partial charge in [0.05, 0.1) is 11.3 Å². The predicted octanol–water partition coefficient (Wildman–Crippen LogP) is 2.10. The number of carbonyl (C=O) groups is 4. The SMILES string of the molecule is C=CCN1C(=O)c2ccccc2N2C(=O)CC[C@]12C(=O)OCC(=O)N1CCCC[C@H]1C. The van der Waals surface area contributed by atoms with Gasteiger partial charge in [0.25, 0.3) is 11.8 Å². The van der Waals surface area contributed by atoms with Gasteiger partial charge in [0.2, 0.25) is 11.6 Å². The number of nitrogens with zero attached hydrogens (tertiary/aromatic N) is 3. The Morgan fingerprint density at radius 3 is 2.77 bits per heavy atom. The maximum absolute atomic E-state index is 13.4. The molecule has 2 fully saturated rings. The molecule has 0 aromatic heterocycles. The summed E-state index contributed by atoms with van der Waals surface area (Å²) in [6, 6.07) is 6.83. The van der Waals surface area contributed by atoms with Crippen molar-refractivity contribution in [2.24, 2.45) is 0 Å². The van der Waals surface area contributed by atoms with E-state index in [9.17, 15) is 19.2 Å². The number of rotatable bonds is 5. The number of para-hydroxylation sites is 1. The van der Waals surface area contributed by atoms with Crippen molar-refractivity contribution in [1.82, 2.24) is 9.80 Å². The van der Waals surface area contributed by atoms with Crippen LogP contribution in [0.5, 0.6) is 0 Å². The summed E-state index contributed by atoms with van der Waals surface area (Å²) in [5, 5.41) is 0. The first-order valence-electron chi connectivity index (χ1n) is 10.7. The number of likely N-dealkylation sites (tertiary alicyclic amines) is 1. The molecule has 0 bridgehead atoms. The van der Waals surface area contributed by atoms with Crippen molar-refractivity contribution in [3.63, 3.8) is 0 Å². The van der Waals surface area contributed by atoms with Gasteiger partial charge in [-0.05, 0) is 38.3 Å². The number of carbonyl (C=O) groups excluding carboxylic acids is 4. The van der Waals surface area contributed by atoms with Crippen LogP contribution < -0.4 is 4.90 Å². The molecule has 0 radical (unpaired) electrons. The van der Waals surface area contributed by atoms with Gasteiger partial charge in [-0.3, -0.25) is 19.3 Å². The van der Waals surface area contributed by atoms with Gasteiger partial charge in [-0.1, -0.05) is 18.2 Å². The zero-order valence-electron chi connectivity index (χ0n) is 17.7. The number of ether oxygens (including phenoxy) is 1. The molecule has 0 unspecified atom stereocenters. The molecule has 2 atom stereocenters. The third-order valence-corrected chi connectivity index (χ3v) is 6.46. The smallest absolute Gasteiger partial charge is 0.354 e. The Kier molecular flexibility index (Phi) is 5.56. The van der Waals surface area contributed by atoms with Gasteiger partial charge in [-0.2, -0.15) is 0 Å². The lowest BCUT2D eigenvalue weighted by molar-refractivity contribution is -0.162. The number of hydrogen-bond donors (Lipinski definition) is 0. The second kappa shape index (κ2) is 8.17. The van der Waals surface area contributed by atoms with Crippen LogP contribution in [0.3, 0.4) is 0 Å². The zero-order chi connectivity index (χ0) is 22.2. The third kappa shape index (κ3) is 3.30. The maximum atomic E-state index is 13.4. The van der Waals surface area contributed by atoms with Crippen LogP contribution in [0.15, 0.2) is 36.9 Å². The molecule has 1 aromatic rings. The van der Waals surface area contributed by atoms with Gasteiger partial charge in [0, 0.05) is 32.0 Å². The van der Waals surface area contributed by atoms with E-state index in [1.807, 2.05) is 6.92 Å². The summed E-state index contributed by atoms with van der Waals surface area (Å²) >= 11 is 0. The number of esters is 1. The Morgan fingerprint density at radius 1 is 1.26 bits per heavy atom. The Bertz CT molecular complexity index is 945. The highest BCUT2D eigenvalue weighted by Gasteiger charge is 2.61. The molecule has 31 heavy (non-hydrogen) atoms. The molecule has 0 spiro atoms. The Morgan fingerprint density at radius 2 is 2.03 bits per heavy atom. The van der Waals surface area contributed by atoms with Gasteiger partial charge < -0.3 is 14.5 Å². The minimum Gasteiger partial charge on any atom is -0.452 e. The summed E-state index contributed by atoms with van der Waals surface area (Å²) in [4.78, 5) is 56.7. The van der Waals surface area contributed by atoms with Crippen molar-refractivity contribution < 1.29 is 23.9 Å². The van der Waals surface area contributed by atoms with Crippen LogP contribution in [0.2, 0.25) is 0 Å². The molecule has 4 rings (SSSR count). The molecule has 0 aliphatic carbocycles. The summed E-state index contributed by atoms with van der Waals surface area (Å²) in [5.41, 5.74) is -0.866. The van der Waals surface area contributed by atoms with Crippen molar-refractivity contribution >= 4 is 29.4 Å². The summed E-state index contributed by atoms with van der Waals surface area (Å²) in [6.07, 6.45) is 4.64. The summed E-state index contributed by atoms with van der Waals surface area (Å²) < 4.78 is 5.49. The number of amides is 3. The molecular formula is C23H27N3O5. The van der Waals surface area contributed by atoms with Crippen molar-refractivity contribution in [3.8, 4) is 0 Å². The Labute approximate surface area is 181 Å². The van der Waals surface area contributed by atoms with Crippen LogP contribution in [-0.2, 0) is 19.1 Å². The van der Waals surface area contributed by atoms with E-state index in [0.29, 0.717) is 17.8 Å². The highest BCUT2D eigenvalue weighted by atomic mass is 16.5. The fraction of sp³-hybridized carbons (Fsp3) is 0.478. The molecule has 8 heteroatoms. The van der Waals surface area contributed by atoms with Crippen LogP contribution in [-0.4, -0.2) is 64.9 Å². The van der Waals surface area contributed by atoms with E-state index >= 15 is 0 Å². The Hall–Kier alpha value is -3.16. The van der Waals surface area contributed by atoms with Gasteiger partial charge in [0.15, 0.2) is 6.61 Å². The maximum Gasteiger partial charge on any atom is 0.354 e. The average Bonchev–Trinajstić information content (AvgIpc) is 3.13. The van der Waals surface area contributed by atoms with Crippen LogP contribution in [0, 0.1) is 0 Å². The molecule has 0 saturated carbocycles. The first kappa shape index (κ1) is 21.1. The van der Waals surface area contributed by atoms with Crippen molar-refractivity contribution in [2.45, 2.75) is 50.7 Å². The van der Waals surface area contributed by atoms with E-state index in [4.69, 9.17) is 4.74 Å². The van der Waals surface area contributed by atoms with E-state index < -0.39 is 18.2 Å². The molecule has 8 nitrogen and oxygen atoms in total. The number of hydrogen-bond acceptors (Lipinski definition) is 5. The first-order chi connectivity index (χ1) is 14.9. The lowest BCUT2D eigenvalue weighted by Gasteiger charge is -2.48. The van der Waals surface area contributed by atoms with Gasteiger partial charge in [-0.15, -0.1) is 6.58 Å². The van der Waals surface area contributed by atoms with E-state index in [1.165, 1.54) is 15.9 Å². The number of anilines is 1. The fourth-order valence-corrected chi connectivity index (χ4v) is 4.92. The normalized spacial score (nSPS) is 25.2. The average molecular weight is 425 g/mol. The highest BCUT2D eigenvalue weighted by Crippen LogP contribution is 2.45. The van der Waals surface area contributed by atoms with Crippen molar-refractivity contribution in [1.29, 1.82) is 0 Å². The first-order valence-corrected chi connectivity index (χ1v) is 10.7. The van der Waals surface area contributed by atoms with Gasteiger partial charge >= 0.3 is 5.97 Å². The highest BCUT2D eigenvalue weighted by molar-refractivity contribution is 6.15. The molecule has 1 aromatic carbocycles. The molecular weight excluding hydrogens is 398 g/mol. The summed E-state index contributed by atoms with van der Waals surface area (Å²) in [5.74, 6) is -1.65. The second-order valence-electron chi connectivity index (χ2n) is 8.28. The fourth-order valence-electron chi connectivity index (χ4n) is 4.92. The van der Waals surface area contributed by atoms with E-state index in [0.717, 1.165) is 19.3 Å². The van der Waals surface area contributed by atoms with E-state index in [-0.39, 0.29) is 43.1 Å². The van der Waals surface area contributed by atoms with Crippen LogP contribution >= 0.6 is 0 Å². The monoisotopic (exact) mass is 425 g/mol. The largest absolute Gasteiger partial charge is 0.452 e. The van der Waals surface area contributed by atoms with Crippen molar-refractivity contribution in [3.05, 3.63) is 42.5 Å². The molecule has 3 aliphatic rings. The molecule has 3 amide bonds. The molecule has 3 heterocycles. The molecule has 164 valence electrons.